The Kier molecular flexibility index (Phi) is 6.26. The first-order chi connectivity index (χ1) is 15.8. The van der Waals surface area contributed by atoms with Gasteiger partial charge in [-0.15, -0.1) is 0 Å². The van der Waals surface area contributed by atoms with Crippen molar-refractivity contribution in [2.24, 2.45) is 20.0 Å². The maximum absolute atomic E-state index is 13.0. The molecule has 4 rings (SSSR count). The van der Waals surface area contributed by atoms with Crippen LogP contribution >= 0.6 is 0 Å². The average molecular weight is 451 g/mol. The summed E-state index contributed by atoms with van der Waals surface area (Å²) < 4.78 is 8.38. The van der Waals surface area contributed by atoms with Crippen LogP contribution in [0.4, 0.5) is 11.4 Å². The normalized spacial score (nSPS) is 14.5. The highest BCUT2D eigenvalue weighted by atomic mass is 16.5. The molecule has 1 aliphatic rings. The van der Waals surface area contributed by atoms with Gasteiger partial charge in [-0.05, 0) is 51.0 Å². The van der Waals surface area contributed by atoms with Crippen molar-refractivity contribution in [3.05, 3.63) is 58.0 Å². The second-order valence-electron chi connectivity index (χ2n) is 8.60. The molecule has 0 aliphatic carbocycles. The number of hydrogen-bond acceptors (Lipinski definition) is 5. The number of fused-ring (bicyclic) bond motifs is 1. The molecule has 1 amide bonds. The van der Waals surface area contributed by atoms with Crippen LogP contribution < -0.4 is 15.9 Å². The molecule has 1 saturated heterocycles. The van der Waals surface area contributed by atoms with E-state index in [0.29, 0.717) is 43.8 Å². The fraction of sp³-hybridized carbons (Fsp3) is 0.400. The number of anilines is 2. The molecular weight excluding hydrogens is 420 g/mol. The van der Waals surface area contributed by atoms with Gasteiger partial charge in [-0.2, -0.15) is 0 Å². The first-order valence-corrected chi connectivity index (χ1v) is 11.3. The molecule has 1 fully saturated rings. The summed E-state index contributed by atoms with van der Waals surface area (Å²) >= 11 is 0. The van der Waals surface area contributed by atoms with E-state index in [2.05, 4.69) is 10.2 Å². The van der Waals surface area contributed by atoms with Crippen LogP contribution in [0.15, 0.2) is 41.2 Å². The van der Waals surface area contributed by atoms with E-state index in [0.717, 1.165) is 22.3 Å². The van der Waals surface area contributed by atoms with E-state index >= 15 is 0 Å². The van der Waals surface area contributed by atoms with Crippen LogP contribution in [0.5, 0.6) is 0 Å². The van der Waals surface area contributed by atoms with Crippen molar-refractivity contribution < 1.29 is 14.3 Å². The van der Waals surface area contributed by atoms with Crippen LogP contribution in [0.3, 0.4) is 0 Å². The molecule has 8 heteroatoms. The van der Waals surface area contributed by atoms with Crippen LogP contribution in [0, 0.1) is 12.8 Å². The summed E-state index contributed by atoms with van der Waals surface area (Å²) in [6.45, 7) is 5.45. The Labute approximate surface area is 192 Å². The van der Waals surface area contributed by atoms with Gasteiger partial charge in [0.2, 0.25) is 0 Å². The van der Waals surface area contributed by atoms with Gasteiger partial charge >= 0.3 is 11.7 Å². The number of piperidine rings is 1. The number of hydrogen-bond donors (Lipinski definition) is 1. The SMILES string of the molecule is CCOC(=O)C1CCN(c2cc3c(cc2NC(=O)c2cccc(C)c2)n(C)c(=O)n3C)CC1. The Morgan fingerprint density at radius 3 is 2.36 bits per heavy atom. The summed E-state index contributed by atoms with van der Waals surface area (Å²) in [5.74, 6) is -0.469. The summed E-state index contributed by atoms with van der Waals surface area (Å²) in [4.78, 5) is 39.9. The molecule has 0 spiro atoms. The lowest BCUT2D eigenvalue weighted by molar-refractivity contribution is -0.148. The van der Waals surface area contributed by atoms with Crippen molar-refractivity contribution in [3.8, 4) is 0 Å². The van der Waals surface area contributed by atoms with Crippen molar-refractivity contribution >= 4 is 34.3 Å². The maximum atomic E-state index is 13.0. The zero-order valence-corrected chi connectivity index (χ0v) is 19.6. The monoisotopic (exact) mass is 450 g/mol. The van der Waals surface area contributed by atoms with Gasteiger partial charge in [0.1, 0.15) is 0 Å². The van der Waals surface area contributed by atoms with E-state index in [9.17, 15) is 14.4 Å². The van der Waals surface area contributed by atoms with Gasteiger partial charge < -0.3 is 15.0 Å². The number of imidazole rings is 1. The molecule has 0 bridgehead atoms. The summed E-state index contributed by atoms with van der Waals surface area (Å²) in [6, 6.07) is 11.2. The van der Waals surface area contributed by atoms with Crippen LogP contribution in [0.25, 0.3) is 11.0 Å². The molecule has 33 heavy (non-hydrogen) atoms. The van der Waals surface area contributed by atoms with Crippen molar-refractivity contribution in [1.82, 2.24) is 9.13 Å². The second-order valence-corrected chi connectivity index (χ2v) is 8.60. The van der Waals surface area contributed by atoms with Crippen LogP contribution in [-0.2, 0) is 23.6 Å². The molecule has 2 aromatic carbocycles. The lowest BCUT2D eigenvalue weighted by Crippen LogP contribution is -2.37. The van der Waals surface area contributed by atoms with Gasteiger partial charge in [-0.3, -0.25) is 18.7 Å². The minimum absolute atomic E-state index is 0.114. The number of amides is 1. The predicted molar refractivity (Wildman–Crippen MR) is 129 cm³/mol. The average Bonchev–Trinajstić information content (AvgIpc) is 3.02. The van der Waals surface area contributed by atoms with Gasteiger partial charge in [-0.1, -0.05) is 17.7 Å². The predicted octanol–water partition coefficient (Wildman–Crippen LogP) is 3.22. The largest absolute Gasteiger partial charge is 0.466 e. The third-order valence-corrected chi connectivity index (χ3v) is 6.37. The molecule has 8 nitrogen and oxygen atoms in total. The zero-order valence-electron chi connectivity index (χ0n) is 19.6. The summed E-state index contributed by atoms with van der Waals surface area (Å²) in [5, 5.41) is 3.06. The van der Waals surface area contributed by atoms with Crippen LogP contribution in [-0.4, -0.2) is 40.7 Å². The van der Waals surface area contributed by atoms with Gasteiger partial charge in [0.15, 0.2) is 0 Å². The van der Waals surface area contributed by atoms with Crippen molar-refractivity contribution in [2.75, 3.05) is 29.9 Å². The summed E-state index contributed by atoms with van der Waals surface area (Å²) in [7, 11) is 3.47. The first-order valence-electron chi connectivity index (χ1n) is 11.3. The van der Waals surface area contributed by atoms with E-state index in [4.69, 9.17) is 4.74 Å². The third kappa shape index (κ3) is 4.37. The minimum Gasteiger partial charge on any atom is -0.466 e. The molecular formula is C25H30N4O4. The van der Waals surface area contributed by atoms with Crippen molar-refractivity contribution in [2.45, 2.75) is 26.7 Å². The second kappa shape index (κ2) is 9.13. The quantitative estimate of drug-likeness (QED) is 0.604. The molecule has 0 radical (unpaired) electrons. The Morgan fingerprint density at radius 2 is 1.73 bits per heavy atom. The third-order valence-electron chi connectivity index (χ3n) is 6.37. The molecule has 1 aliphatic heterocycles. The van der Waals surface area contributed by atoms with E-state index in [1.54, 1.807) is 29.3 Å². The molecule has 0 saturated carbocycles. The lowest BCUT2D eigenvalue weighted by Gasteiger charge is -2.34. The fourth-order valence-corrected chi connectivity index (χ4v) is 4.49. The van der Waals surface area contributed by atoms with Gasteiger partial charge in [0.25, 0.3) is 5.91 Å². The number of aromatic nitrogens is 2. The highest BCUT2D eigenvalue weighted by Gasteiger charge is 2.28. The van der Waals surface area contributed by atoms with Crippen LogP contribution in [0.1, 0.15) is 35.7 Å². The summed E-state index contributed by atoms with van der Waals surface area (Å²) in [5.41, 5.74) is 4.47. The Bertz CT molecular complexity index is 1270. The topological polar surface area (TPSA) is 85.6 Å². The molecule has 0 atom stereocenters. The van der Waals surface area contributed by atoms with E-state index in [1.807, 2.05) is 44.2 Å². The minimum atomic E-state index is -0.207. The highest BCUT2D eigenvalue weighted by molar-refractivity contribution is 6.07. The molecule has 1 N–H and O–H groups in total. The number of ether oxygens (including phenoxy) is 1. The smallest absolute Gasteiger partial charge is 0.328 e. The fourth-order valence-electron chi connectivity index (χ4n) is 4.49. The van der Waals surface area contributed by atoms with Gasteiger partial charge in [0, 0.05) is 32.7 Å². The molecule has 2 heterocycles. The van der Waals surface area contributed by atoms with E-state index < -0.39 is 0 Å². The number of esters is 1. The zero-order chi connectivity index (χ0) is 23.7. The molecule has 174 valence electrons. The Balaban J connectivity index is 1.70. The molecule has 0 unspecified atom stereocenters. The number of carbonyl (C=O) groups excluding carboxylic acids is 2. The van der Waals surface area contributed by atoms with E-state index in [1.165, 1.54) is 0 Å². The number of nitrogens with one attached hydrogen (secondary N) is 1. The standard InChI is InChI=1S/C25H30N4O4/c1-5-33-24(31)17-9-11-29(12-10-17)20-15-22-21(27(3)25(32)28(22)4)14-19(20)26-23(30)18-8-6-7-16(2)13-18/h6-8,13-15,17H,5,9-12H2,1-4H3,(H,26,30). The summed E-state index contributed by atoms with van der Waals surface area (Å²) in [6.07, 6.45) is 1.35. The number of rotatable bonds is 5. The van der Waals surface area contributed by atoms with E-state index in [-0.39, 0.29) is 23.5 Å². The maximum Gasteiger partial charge on any atom is 0.328 e. The Hall–Kier alpha value is -3.55. The number of nitrogens with zero attached hydrogens (tertiary/aromatic N) is 3. The molecule has 1 aromatic heterocycles. The number of carbonyl (C=O) groups is 2. The van der Waals surface area contributed by atoms with Gasteiger partial charge in [0.05, 0.1) is 34.9 Å². The van der Waals surface area contributed by atoms with Crippen molar-refractivity contribution in [1.29, 1.82) is 0 Å². The first kappa shape index (κ1) is 22.6. The van der Waals surface area contributed by atoms with Gasteiger partial charge in [-0.25, -0.2) is 4.79 Å². The number of aryl methyl sites for hydroxylation is 3. The van der Waals surface area contributed by atoms with Crippen molar-refractivity contribution in [3.63, 3.8) is 0 Å². The van der Waals surface area contributed by atoms with Crippen LogP contribution in [0.2, 0.25) is 0 Å². The lowest BCUT2D eigenvalue weighted by atomic mass is 9.96. The highest BCUT2D eigenvalue weighted by Crippen LogP contribution is 2.34. The Morgan fingerprint density at radius 1 is 1.06 bits per heavy atom. The molecule has 3 aromatic rings. The number of benzene rings is 2.